The van der Waals surface area contributed by atoms with Crippen molar-refractivity contribution < 1.29 is 23.8 Å². The molecule has 6 nitrogen and oxygen atoms in total. The molecular weight excluding hydrogens is 250 g/mol. The summed E-state index contributed by atoms with van der Waals surface area (Å²) in [4.78, 5) is 24.9. The number of esters is 1. The minimum Gasteiger partial charge on any atom is -0.467 e. The molecule has 0 unspecified atom stereocenters. The molecule has 6 heteroatoms. The average Bonchev–Trinajstić information content (AvgIpc) is 2.32. The molecule has 0 fully saturated rings. The maximum absolute atomic E-state index is 12.0. The molecule has 0 rings (SSSR count). The third-order valence-electron chi connectivity index (χ3n) is 2.36. The molecular formula is C13H23NO5. The molecule has 0 aliphatic rings. The third kappa shape index (κ3) is 5.30. The summed E-state index contributed by atoms with van der Waals surface area (Å²) in [7, 11) is 4.12. The number of likely N-dealkylation sites (N-methyl/N-ethyl adjacent to an activating group) is 1. The van der Waals surface area contributed by atoms with E-state index in [0.717, 1.165) is 4.90 Å². The number of amides is 1. The van der Waals surface area contributed by atoms with Crippen molar-refractivity contribution >= 4 is 12.1 Å². The lowest BCUT2D eigenvalue weighted by molar-refractivity contribution is -0.150. The Morgan fingerprint density at radius 3 is 2.11 bits per heavy atom. The number of carbonyl (C=O) groups excluding carboxylic acids is 2. The van der Waals surface area contributed by atoms with Crippen LogP contribution in [0.1, 0.15) is 20.8 Å². The summed E-state index contributed by atoms with van der Waals surface area (Å²) in [5, 5.41) is 0. The van der Waals surface area contributed by atoms with Crippen LogP contribution < -0.4 is 0 Å². The number of hydrogen-bond acceptors (Lipinski definition) is 5. The molecule has 110 valence electrons. The molecule has 0 saturated carbocycles. The van der Waals surface area contributed by atoms with Crippen molar-refractivity contribution in [2.24, 2.45) is 0 Å². The van der Waals surface area contributed by atoms with Crippen LogP contribution in [0, 0.1) is 0 Å². The standard InChI is InChI=1S/C13H23NO5/c1-8-9(17-6)10(11(15)18-7)14(5)12(16)19-13(2,3)4/h8-10H,1H2,2-7H3/t9-,10+/m0/s1. The first-order valence-electron chi connectivity index (χ1n) is 5.87. The van der Waals surface area contributed by atoms with Gasteiger partial charge in [-0.1, -0.05) is 6.08 Å². The smallest absolute Gasteiger partial charge is 0.410 e. The van der Waals surface area contributed by atoms with E-state index in [1.165, 1.54) is 27.3 Å². The fourth-order valence-corrected chi connectivity index (χ4v) is 1.43. The number of carbonyl (C=O) groups is 2. The molecule has 0 heterocycles. The molecule has 0 aromatic heterocycles. The molecule has 0 bridgehead atoms. The summed E-state index contributed by atoms with van der Waals surface area (Å²) in [5.74, 6) is -0.597. The van der Waals surface area contributed by atoms with Crippen LogP contribution in [0.15, 0.2) is 12.7 Å². The minimum absolute atomic E-state index is 0.597. The van der Waals surface area contributed by atoms with Crippen molar-refractivity contribution in [3.63, 3.8) is 0 Å². The van der Waals surface area contributed by atoms with E-state index in [9.17, 15) is 9.59 Å². The van der Waals surface area contributed by atoms with E-state index in [1.807, 2.05) is 0 Å². The fraction of sp³-hybridized carbons (Fsp3) is 0.692. The highest BCUT2D eigenvalue weighted by Gasteiger charge is 2.36. The molecule has 0 saturated heterocycles. The zero-order chi connectivity index (χ0) is 15.2. The second-order valence-corrected chi connectivity index (χ2v) is 5.00. The summed E-state index contributed by atoms with van der Waals surface area (Å²) in [6, 6.07) is -0.942. The Labute approximate surface area is 114 Å². The highest BCUT2D eigenvalue weighted by atomic mass is 16.6. The largest absolute Gasteiger partial charge is 0.467 e. The molecule has 0 aliphatic carbocycles. The maximum atomic E-state index is 12.0. The van der Waals surface area contributed by atoms with Gasteiger partial charge in [-0.15, -0.1) is 6.58 Å². The highest BCUT2D eigenvalue weighted by Crippen LogP contribution is 2.15. The molecule has 2 atom stereocenters. The van der Waals surface area contributed by atoms with Gasteiger partial charge in [-0.3, -0.25) is 4.90 Å². The van der Waals surface area contributed by atoms with Crippen LogP contribution in [0.25, 0.3) is 0 Å². The average molecular weight is 273 g/mol. The molecule has 0 radical (unpaired) electrons. The van der Waals surface area contributed by atoms with Crippen molar-refractivity contribution in [3.05, 3.63) is 12.7 Å². The monoisotopic (exact) mass is 273 g/mol. The van der Waals surface area contributed by atoms with Gasteiger partial charge < -0.3 is 14.2 Å². The predicted octanol–water partition coefficient (Wildman–Crippen LogP) is 1.60. The molecule has 0 N–H and O–H groups in total. The van der Waals surface area contributed by atoms with Crippen molar-refractivity contribution in [2.45, 2.75) is 38.5 Å². The predicted molar refractivity (Wildman–Crippen MR) is 70.8 cm³/mol. The number of nitrogens with zero attached hydrogens (tertiary/aromatic N) is 1. The second-order valence-electron chi connectivity index (χ2n) is 5.00. The van der Waals surface area contributed by atoms with Crippen LogP contribution in [0.5, 0.6) is 0 Å². The molecule has 0 aromatic rings. The van der Waals surface area contributed by atoms with Crippen LogP contribution in [-0.4, -0.2) is 56.0 Å². The van der Waals surface area contributed by atoms with Gasteiger partial charge in [-0.05, 0) is 20.8 Å². The van der Waals surface area contributed by atoms with E-state index in [0.29, 0.717) is 0 Å². The van der Waals surface area contributed by atoms with Crippen LogP contribution in [0.2, 0.25) is 0 Å². The molecule has 0 aromatic carbocycles. The molecule has 19 heavy (non-hydrogen) atoms. The van der Waals surface area contributed by atoms with Gasteiger partial charge in [0, 0.05) is 14.2 Å². The lowest BCUT2D eigenvalue weighted by Gasteiger charge is -2.31. The number of rotatable bonds is 5. The topological polar surface area (TPSA) is 65.1 Å². The van der Waals surface area contributed by atoms with Gasteiger partial charge in [0.15, 0.2) is 6.04 Å². The van der Waals surface area contributed by atoms with Crippen LogP contribution in [-0.2, 0) is 19.0 Å². The van der Waals surface area contributed by atoms with E-state index >= 15 is 0 Å². The van der Waals surface area contributed by atoms with Crippen molar-refractivity contribution in [1.82, 2.24) is 4.90 Å². The zero-order valence-corrected chi connectivity index (χ0v) is 12.4. The zero-order valence-electron chi connectivity index (χ0n) is 12.4. The van der Waals surface area contributed by atoms with E-state index in [1.54, 1.807) is 20.8 Å². The SMILES string of the molecule is C=C[C@H](OC)[C@H](C(=O)OC)N(C)C(=O)OC(C)(C)C. The lowest BCUT2D eigenvalue weighted by atomic mass is 10.1. The number of hydrogen-bond donors (Lipinski definition) is 0. The van der Waals surface area contributed by atoms with Gasteiger partial charge in [0.25, 0.3) is 0 Å². The Bertz CT molecular complexity index is 334. The summed E-state index contributed by atoms with van der Waals surface area (Å²) in [6.45, 7) is 8.80. The van der Waals surface area contributed by atoms with Gasteiger partial charge in [0.05, 0.1) is 7.11 Å². The van der Waals surface area contributed by atoms with Crippen LogP contribution in [0.4, 0.5) is 4.79 Å². The first-order valence-corrected chi connectivity index (χ1v) is 5.87. The van der Waals surface area contributed by atoms with E-state index in [-0.39, 0.29) is 0 Å². The highest BCUT2D eigenvalue weighted by molar-refractivity contribution is 5.82. The molecule has 0 spiro atoms. The first kappa shape index (κ1) is 17.4. The Morgan fingerprint density at radius 2 is 1.79 bits per heavy atom. The van der Waals surface area contributed by atoms with E-state index < -0.39 is 29.8 Å². The van der Waals surface area contributed by atoms with Crippen LogP contribution >= 0.6 is 0 Å². The van der Waals surface area contributed by atoms with Crippen molar-refractivity contribution in [2.75, 3.05) is 21.3 Å². The summed E-state index contributed by atoms with van der Waals surface area (Å²) in [6.07, 6.45) is 0.124. The van der Waals surface area contributed by atoms with Gasteiger partial charge in [0.1, 0.15) is 11.7 Å². The van der Waals surface area contributed by atoms with Gasteiger partial charge >= 0.3 is 12.1 Å². The summed E-state index contributed by atoms with van der Waals surface area (Å²) >= 11 is 0. The Morgan fingerprint density at radius 1 is 1.26 bits per heavy atom. The number of methoxy groups -OCH3 is 2. The van der Waals surface area contributed by atoms with E-state index in [2.05, 4.69) is 11.3 Å². The normalized spacial score (nSPS) is 14.2. The third-order valence-corrected chi connectivity index (χ3v) is 2.36. The quantitative estimate of drug-likeness (QED) is 0.562. The Kier molecular flexibility index (Phi) is 6.55. The maximum Gasteiger partial charge on any atom is 0.410 e. The minimum atomic E-state index is -0.942. The summed E-state index contributed by atoms with van der Waals surface area (Å²) < 4.78 is 15.0. The first-order chi connectivity index (χ1) is 8.67. The van der Waals surface area contributed by atoms with Crippen molar-refractivity contribution in [1.29, 1.82) is 0 Å². The van der Waals surface area contributed by atoms with Gasteiger partial charge in [-0.2, -0.15) is 0 Å². The molecule has 0 aliphatic heterocycles. The van der Waals surface area contributed by atoms with Crippen molar-refractivity contribution in [3.8, 4) is 0 Å². The van der Waals surface area contributed by atoms with Crippen LogP contribution in [0.3, 0.4) is 0 Å². The summed E-state index contributed by atoms with van der Waals surface area (Å²) in [5.41, 5.74) is -0.650. The molecule has 1 amide bonds. The van der Waals surface area contributed by atoms with Gasteiger partial charge in [0.2, 0.25) is 0 Å². The van der Waals surface area contributed by atoms with Gasteiger partial charge in [-0.25, -0.2) is 9.59 Å². The second kappa shape index (κ2) is 7.13. The lowest BCUT2D eigenvalue weighted by Crippen LogP contribution is -2.51. The Balaban J connectivity index is 5.10. The van der Waals surface area contributed by atoms with E-state index in [4.69, 9.17) is 9.47 Å². The number of ether oxygens (including phenoxy) is 3. The fourth-order valence-electron chi connectivity index (χ4n) is 1.43. The Hall–Kier alpha value is -1.56.